The van der Waals surface area contributed by atoms with Crippen molar-refractivity contribution in [1.29, 1.82) is 0 Å². The molecule has 0 aliphatic carbocycles. The Labute approximate surface area is 287 Å². The lowest BCUT2D eigenvalue weighted by Gasteiger charge is -2.18. The van der Waals surface area contributed by atoms with Crippen molar-refractivity contribution >= 4 is 76.2 Å². The van der Waals surface area contributed by atoms with Crippen molar-refractivity contribution in [3.63, 3.8) is 0 Å². The molecule has 50 heavy (non-hydrogen) atoms. The predicted octanol–water partition coefficient (Wildman–Crippen LogP) is 13.9. The highest BCUT2D eigenvalue weighted by Gasteiger charge is 2.20. The van der Waals surface area contributed by atoms with Crippen LogP contribution in [0.4, 0.5) is 0 Å². The molecular weight excluding hydrogens is 609 g/mol. The normalized spacial score (nSPS) is 12.0. The molecule has 0 saturated heterocycles. The fourth-order valence-electron chi connectivity index (χ4n) is 8.19. The van der Waals surface area contributed by atoms with Gasteiger partial charge in [0.1, 0.15) is 22.3 Å². The van der Waals surface area contributed by atoms with E-state index >= 15 is 0 Å². The molecule has 0 unspecified atom stereocenters. The average Bonchev–Trinajstić information content (AvgIpc) is 3.74. The number of furan rings is 2. The topological polar surface area (TPSA) is 26.3 Å². The van der Waals surface area contributed by atoms with Crippen LogP contribution in [0.1, 0.15) is 0 Å². The average molecular weight is 637 g/mol. The Morgan fingerprint density at radius 2 is 0.720 bits per heavy atom. The Hall–Kier alpha value is -6.64. The summed E-state index contributed by atoms with van der Waals surface area (Å²) in [6.07, 6.45) is 0. The zero-order chi connectivity index (χ0) is 32.8. The van der Waals surface area contributed by atoms with Gasteiger partial charge >= 0.3 is 0 Å². The minimum absolute atomic E-state index is 0.869. The van der Waals surface area contributed by atoms with E-state index in [-0.39, 0.29) is 0 Å². The van der Waals surface area contributed by atoms with Crippen LogP contribution in [0.5, 0.6) is 0 Å². The molecule has 11 rings (SSSR count). The third-order valence-electron chi connectivity index (χ3n) is 10.5. The summed E-state index contributed by atoms with van der Waals surface area (Å²) in [5, 5.41) is 11.8. The maximum Gasteiger partial charge on any atom is 0.136 e. The number of rotatable bonds is 3. The maximum absolute atomic E-state index is 6.44. The monoisotopic (exact) mass is 636 g/mol. The fourth-order valence-corrected chi connectivity index (χ4v) is 8.19. The lowest BCUT2D eigenvalue weighted by molar-refractivity contribution is 0.663. The molecule has 0 N–H and O–H groups in total. The second kappa shape index (κ2) is 10.4. The number of hydrogen-bond donors (Lipinski definition) is 0. The molecule has 2 heteroatoms. The summed E-state index contributed by atoms with van der Waals surface area (Å²) in [5.74, 6) is 0. The van der Waals surface area contributed by atoms with Crippen molar-refractivity contribution < 1.29 is 8.83 Å². The second-order valence-electron chi connectivity index (χ2n) is 13.2. The van der Waals surface area contributed by atoms with Crippen molar-refractivity contribution in [2.45, 2.75) is 0 Å². The number of hydrogen-bond acceptors (Lipinski definition) is 2. The summed E-state index contributed by atoms with van der Waals surface area (Å²) in [6.45, 7) is 0. The summed E-state index contributed by atoms with van der Waals surface area (Å²) in [7, 11) is 0. The highest BCUT2D eigenvalue weighted by Crippen LogP contribution is 2.46. The summed E-state index contributed by atoms with van der Waals surface area (Å²) < 4.78 is 12.7. The standard InChI is InChI=1S/C48H28O2/c1-2-10-32-27-33(22-19-29(32)9-1)30-17-20-31(21-18-30)45-35-11-3-5-13-37(35)46(38-14-6-4-12-36(38)45)34-23-24-42-40(28-34)48-44(50-42)26-25-43-47(48)39-15-7-8-16-41(39)49-43/h1-28H. The van der Waals surface area contributed by atoms with Crippen molar-refractivity contribution in [2.24, 2.45) is 0 Å². The highest BCUT2D eigenvalue weighted by molar-refractivity contribution is 6.27. The Bertz CT molecular complexity index is 3080. The smallest absolute Gasteiger partial charge is 0.136 e. The highest BCUT2D eigenvalue weighted by atomic mass is 16.3. The maximum atomic E-state index is 6.44. The van der Waals surface area contributed by atoms with E-state index in [1.54, 1.807) is 0 Å². The second-order valence-corrected chi connectivity index (χ2v) is 13.2. The van der Waals surface area contributed by atoms with E-state index in [9.17, 15) is 0 Å². The van der Waals surface area contributed by atoms with Gasteiger partial charge in [0.25, 0.3) is 0 Å². The molecular formula is C48H28O2. The number of benzene rings is 9. The first-order valence-electron chi connectivity index (χ1n) is 17.1. The quantitative estimate of drug-likeness (QED) is 0.180. The van der Waals surface area contributed by atoms with Gasteiger partial charge in [-0.2, -0.15) is 0 Å². The van der Waals surface area contributed by atoms with E-state index in [0.717, 1.165) is 49.4 Å². The summed E-state index contributed by atoms with van der Waals surface area (Å²) >= 11 is 0. The van der Waals surface area contributed by atoms with E-state index in [4.69, 9.17) is 8.83 Å². The molecule has 0 atom stereocenters. The molecule has 0 aliphatic heterocycles. The molecule has 2 heterocycles. The lowest BCUT2D eigenvalue weighted by atomic mass is 9.85. The summed E-state index contributed by atoms with van der Waals surface area (Å²) in [4.78, 5) is 0. The third-order valence-corrected chi connectivity index (χ3v) is 10.5. The van der Waals surface area contributed by atoms with Gasteiger partial charge in [-0.15, -0.1) is 0 Å². The van der Waals surface area contributed by atoms with Crippen LogP contribution in [0.15, 0.2) is 179 Å². The molecule has 2 nitrogen and oxygen atoms in total. The Morgan fingerprint density at radius 3 is 1.40 bits per heavy atom. The predicted molar refractivity (Wildman–Crippen MR) is 210 cm³/mol. The fraction of sp³-hybridized carbons (Fsp3) is 0. The van der Waals surface area contributed by atoms with Crippen LogP contribution in [-0.2, 0) is 0 Å². The SMILES string of the molecule is c1ccc2cc(-c3ccc(-c4c5ccccc5c(-c5ccc6oc7ccc8oc9ccccc9c8c7c6c5)c5ccccc45)cc3)ccc2c1. The molecule has 0 fully saturated rings. The van der Waals surface area contributed by atoms with Gasteiger partial charge in [0.05, 0.1) is 0 Å². The lowest BCUT2D eigenvalue weighted by Crippen LogP contribution is -1.91. The first-order valence-corrected chi connectivity index (χ1v) is 17.1. The molecule has 0 saturated carbocycles. The van der Waals surface area contributed by atoms with Crippen LogP contribution in [0, 0.1) is 0 Å². The van der Waals surface area contributed by atoms with Gasteiger partial charge in [-0.1, -0.05) is 133 Å². The summed E-state index contributed by atoms with van der Waals surface area (Å²) in [5.41, 5.74) is 10.8. The molecule has 0 amide bonds. The van der Waals surface area contributed by atoms with Crippen molar-refractivity contribution in [1.82, 2.24) is 0 Å². The van der Waals surface area contributed by atoms with Gasteiger partial charge in [-0.05, 0) is 102 Å². The zero-order valence-electron chi connectivity index (χ0n) is 27.0. The van der Waals surface area contributed by atoms with E-state index < -0.39 is 0 Å². The molecule has 11 aromatic rings. The van der Waals surface area contributed by atoms with Crippen LogP contribution in [0.2, 0.25) is 0 Å². The van der Waals surface area contributed by atoms with E-state index in [1.165, 1.54) is 60.1 Å². The number of para-hydroxylation sites is 1. The molecule has 2 aromatic heterocycles. The molecule has 0 bridgehead atoms. The Balaban J connectivity index is 1.13. The van der Waals surface area contributed by atoms with Crippen LogP contribution >= 0.6 is 0 Å². The van der Waals surface area contributed by atoms with Gasteiger partial charge < -0.3 is 8.83 Å². The van der Waals surface area contributed by atoms with Gasteiger partial charge in [-0.3, -0.25) is 0 Å². The van der Waals surface area contributed by atoms with Gasteiger partial charge in [0, 0.05) is 21.5 Å². The first-order chi connectivity index (χ1) is 24.8. The molecule has 232 valence electrons. The minimum Gasteiger partial charge on any atom is -0.456 e. The van der Waals surface area contributed by atoms with E-state index in [1.807, 2.05) is 24.3 Å². The van der Waals surface area contributed by atoms with Crippen molar-refractivity contribution in [2.75, 3.05) is 0 Å². The van der Waals surface area contributed by atoms with Gasteiger partial charge in [0.2, 0.25) is 0 Å². The van der Waals surface area contributed by atoms with E-state index in [2.05, 4.69) is 146 Å². The Morgan fingerprint density at radius 1 is 0.260 bits per heavy atom. The van der Waals surface area contributed by atoms with Crippen LogP contribution in [-0.4, -0.2) is 0 Å². The van der Waals surface area contributed by atoms with Gasteiger partial charge in [0.15, 0.2) is 0 Å². The van der Waals surface area contributed by atoms with E-state index in [0.29, 0.717) is 0 Å². The largest absolute Gasteiger partial charge is 0.456 e. The zero-order valence-corrected chi connectivity index (χ0v) is 27.0. The molecule has 0 spiro atoms. The van der Waals surface area contributed by atoms with Crippen molar-refractivity contribution in [3.05, 3.63) is 170 Å². The molecule has 9 aromatic carbocycles. The Kier molecular flexibility index (Phi) is 5.70. The molecule has 0 radical (unpaired) electrons. The third kappa shape index (κ3) is 3.96. The molecule has 0 aliphatic rings. The summed E-state index contributed by atoms with van der Waals surface area (Å²) in [6, 6.07) is 61.0. The van der Waals surface area contributed by atoms with Crippen LogP contribution in [0.25, 0.3) is 110 Å². The first kappa shape index (κ1) is 27.3. The van der Waals surface area contributed by atoms with Gasteiger partial charge in [-0.25, -0.2) is 0 Å². The van der Waals surface area contributed by atoms with Crippen LogP contribution in [0.3, 0.4) is 0 Å². The van der Waals surface area contributed by atoms with Crippen LogP contribution < -0.4 is 0 Å². The van der Waals surface area contributed by atoms with Crippen molar-refractivity contribution in [3.8, 4) is 33.4 Å². The minimum atomic E-state index is 0.869. The number of fused-ring (bicyclic) bond motifs is 10.